The summed E-state index contributed by atoms with van der Waals surface area (Å²) in [5.41, 5.74) is 6.68. The van der Waals surface area contributed by atoms with Crippen LogP contribution in [0.25, 0.3) is 0 Å². The second kappa shape index (κ2) is 4.03. The van der Waals surface area contributed by atoms with Gasteiger partial charge in [-0.2, -0.15) is 12.7 Å². The summed E-state index contributed by atoms with van der Waals surface area (Å²) in [6.07, 6.45) is 1.40. The molecule has 0 aromatic carbocycles. The van der Waals surface area contributed by atoms with Crippen molar-refractivity contribution >= 4 is 21.7 Å². The molecule has 1 heterocycles. The van der Waals surface area contributed by atoms with E-state index in [9.17, 15) is 8.42 Å². The number of hydrogen-bond donors (Lipinski definition) is 2. The van der Waals surface area contributed by atoms with E-state index in [-0.39, 0.29) is 5.82 Å². The van der Waals surface area contributed by atoms with Crippen molar-refractivity contribution < 1.29 is 8.42 Å². The van der Waals surface area contributed by atoms with Crippen LogP contribution in [0.1, 0.15) is 5.56 Å². The van der Waals surface area contributed by atoms with Crippen LogP contribution in [0.5, 0.6) is 0 Å². The first-order valence-electron chi connectivity index (χ1n) is 4.25. The fraction of sp³-hybridized carbons (Fsp3) is 0.375. The fourth-order valence-corrected chi connectivity index (χ4v) is 1.56. The van der Waals surface area contributed by atoms with Crippen LogP contribution in [0.2, 0.25) is 0 Å². The number of nitrogen functional groups attached to an aromatic ring is 1. The van der Waals surface area contributed by atoms with Gasteiger partial charge in [0.05, 0.1) is 11.9 Å². The standard InChI is InChI=1S/C8H14N4O2S/c1-6-4-7(9)5-10-8(6)11-15(13,14)12(2)3/h4-5H,9H2,1-3H3,(H,10,11). The summed E-state index contributed by atoms with van der Waals surface area (Å²) in [4.78, 5) is 3.90. The number of pyridine rings is 1. The van der Waals surface area contributed by atoms with E-state index in [1.807, 2.05) is 0 Å². The number of aromatic nitrogens is 1. The van der Waals surface area contributed by atoms with E-state index in [1.165, 1.54) is 20.3 Å². The predicted molar refractivity (Wildman–Crippen MR) is 59.6 cm³/mol. The number of nitrogens with two attached hydrogens (primary N) is 1. The lowest BCUT2D eigenvalue weighted by Crippen LogP contribution is -2.29. The number of aryl methyl sites for hydroxylation is 1. The molecule has 0 bridgehead atoms. The Hall–Kier alpha value is -1.34. The molecule has 0 aliphatic carbocycles. The van der Waals surface area contributed by atoms with Crippen LogP contribution in [0, 0.1) is 6.92 Å². The van der Waals surface area contributed by atoms with Gasteiger partial charge in [0.25, 0.3) is 0 Å². The third-order valence-electron chi connectivity index (χ3n) is 1.81. The van der Waals surface area contributed by atoms with E-state index >= 15 is 0 Å². The van der Waals surface area contributed by atoms with Crippen LogP contribution in [0.3, 0.4) is 0 Å². The summed E-state index contributed by atoms with van der Waals surface area (Å²) < 4.78 is 26.4. The SMILES string of the molecule is Cc1cc(N)cnc1NS(=O)(=O)N(C)C. The smallest absolute Gasteiger partial charge is 0.302 e. The lowest BCUT2D eigenvalue weighted by molar-refractivity contribution is 0.526. The topological polar surface area (TPSA) is 88.3 Å². The summed E-state index contributed by atoms with van der Waals surface area (Å²) >= 11 is 0. The van der Waals surface area contributed by atoms with Gasteiger partial charge in [-0.25, -0.2) is 4.98 Å². The van der Waals surface area contributed by atoms with E-state index in [1.54, 1.807) is 13.0 Å². The van der Waals surface area contributed by atoms with Gasteiger partial charge in [0.2, 0.25) is 0 Å². The molecule has 15 heavy (non-hydrogen) atoms. The van der Waals surface area contributed by atoms with Crippen LogP contribution in [-0.4, -0.2) is 31.8 Å². The molecule has 0 spiro atoms. The highest BCUT2D eigenvalue weighted by Gasteiger charge is 2.14. The van der Waals surface area contributed by atoms with Gasteiger partial charge in [-0.1, -0.05) is 0 Å². The first kappa shape index (κ1) is 11.7. The number of anilines is 2. The van der Waals surface area contributed by atoms with Crippen molar-refractivity contribution in [3.63, 3.8) is 0 Å². The van der Waals surface area contributed by atoms with Crippen molar-refractivity contribution in [2.45, 2.75) is 6.92 Å². The molecular formula is C8H14N4O2S. The molecule has 0 fully saturated rings. The Kier molecular flexibility index (Phi) is 3.15. The molecule has 1 rings (SSSR count). The average Bonchev–Trinajstić information content (AvgIpc) is 2.09. The molecule has 0 radical (unpaired) electrons. The zero-order valence-corrected chi connectivity index (χ0v) is 9.67. The molecule has 3 N–H and O–H groups in total. The maximum atomic E-state index is 11.5. The zero-order chi connectivity index (χ0) is 11.6. The molecule has 0 unspecified atom stereocenters. The minimum atomic E-state index is -3.51. The summed E-state index contributed by atoms with van der Waals surface area (Å²) in [6, 6.07) is 1.65. The van der Waals surface area contributed by atoms with Crippen molar-refractivity contribution in [2.75, 3.05) is 24.6 Å². The maximum absolute atomic E-state index is 11.5. The quantitative estimate of drug-likeness (QED) is 0.776. The number of hydrogen-bond acceptors (Lipinski definition) is 4. The third kappa shape index (κ3) is 2.80. The molecular weight excluding hydrogens is 216 g/mol. The van der Waals surface area contributed by atoms with Gasteiger partial charge in [-0.3, -0.25) is 4.72 Å². The third-order valence-corrected chi connectivity index (χ3v) is 3.22. The highest BCUT2D eigenvalue weighted by atomic mass is 32.2. The minimum Gasteiger partial charge on any atom is -0.397 e. The van der Waals surface area contributed by atoms with E-state index in [4.69, 9.17) is 5.73 Å². The molecule has 7 heteroatoms. The van der Waals surface area contributed by atoms with Gasteiger partial charge in [0.15, 0.2) is 0 Å². The number of rotatable bonds is 3. The largest absolute Gasteiger partial charge is 0.397 e. The van der Waals surface area contributed by atoms with Crippen LogP contribution in [0.15, 0.2) is 12.3 Å². The van der Waals surface area contributed by atoms with E-state index < -0.39 is 10.2 Å². The van der Waals surface area contributed by atoms with Crippen LogP contribution in [0.4, 0.5) is 11.5 Å². The molecule has 0 saturated carbocycles. The molecule has 0 aliphatic rings. The second-order valence-electron chi connectivity index (χ2n) is 3.32. The van der Waals surface area contributed by atoms with Gasteiger partial charge in [-0.15, -0.1) is 0 Å². The Morgan fingerprint density at radius 1 is 1.47 bits per heavy atom. The fourth-order valence-electron chi connectivity index (χ4n) is 0.917. The first-order chi connectivity index (χ1) is 6.83. The van der Waals surface area contributed by atoms with Gasteiger partial charge in [0, 0.05) is 14.1 Å². The lowest BCUT2D eigenvalue weighted by atomic mass is 10.3. The molecule has 0 saturated heterocycles. The van der Waals surface area contributed by atoms with Crippen LogP contribution < -0.4 is 10.5 Å². The summed E-state index contributed by atoms with van der Waals surface area (Å²) in [6.45, 7) is 1.73. The molecule has 0 amide bonds. The Labute approximate surface area is 89.3 Å². The summed E-state index contributed by atoms with van der Waals surface area (Å²) in [7, 11) is -0.628. The molecule has 0 atom stereocenters. The van der Waals surface area contributed by atoms with E-state index in [0.717, 1.165) is 4.31 Å². The summed E-state index contributed by atoms with van der Waals surface area (Å²) in [5.74, 6) is 0.290. The van der Waals surface area contributed by atoms with Gasteiger partial charge in [0.1, 0.15) is 5.82 Å². The Morgan fingerprint density at radius 2 is 2.07 bits per heavy atom. The number of nitrogens with zero attached hydrogens (tertiary/aromatic N) is 2. The zero-order valence-electron chi connectivity index (χ0n) is 8.85. The number of nitrogens with one attached hydrogen (secondary N) is 1. The Morgan fingerprint density at radius 3 is 2.53 bits per heavy atom. The molecule has 0 aliphatic heterocycles. The van der Waals surface area contributed by atoms with Crippen LogP contribution >= 0.6 is 0 Å². The van der Waals surface area contributed by atoms with Crippen molar-refractivity contribution in [3.05, 3.63) is 17.8 Å². The molecule has 6 nitrogen and oxygen atoms in total. The van der Waals surface area contributed by atoms with E-state index in [2.05, 4.69) is 9.71 Å². The van der Waals surface area contributed by atoms with Crippen LogP contribution in [-0.2, 0) is 10.2 Å². The highest BCUT2D eigenvalue weighted by Crippen LogP contribution is 2.15. The highest BCUT2D eigenvalue weighted by molar-refractivity contribution is 7.90. The van der Waals surface area contributed by atoms with Crippen molar-refractivity contribution in [2.24, 2.45) is 0 Å². The molecule has 1 aromatic heterocycles. The van der Waals surface area contributed by atoms with Gasteiger partial charge >= 0.3 is 10.2 Å². The molecule has 84 valence electrons. The average molecular weight is 230 g/mol. The van der Waals surface area contributed by atoms with E-state index in [0.29, 0.717) is 11.3 Å². The minimum absolute atomic E-state index is 0.290. The normalized spacial score (nSPS) is 11.7. The molecule has 1 aromatic rings. The van der Waals surface area contributed by atoms with Gasteiger partial charge < -0.3 is 5.73 Å². The van der Waals surface area contributed by atoms with Crippen molar-refractivity contribution in [1.82, 2.24) is 9.29 Å². The van der Waals surface area contributed by atoms with Crippen molar-refractivity contribution in [3.8, 4) is 0 Å². The Balaban J connectivity index is 3.01. The predicted octanol–water partition coefficient (Wildman–Crippen LogP) is 0.191. The lowest BCUT2D eigenvalue weighted by Gasteiger charge is -2.14. The summed E-state index contributed by atoms with van der Waals surface area (Å²) in [5, 5.41) is 0. The van der Waals surface area contributed by atoms with Gasteiger partial charge in [-0.05, 0) is 18.6 Å². The monoisotopic (exact) mass is 230 g/mol. The first-order valence-corrected chi connectivity index (χ1v) is 5.69. The second-order valence-corrected chi connectivity index (χ2v) is 5.21. The van der Waals surface area contributed by atoms with Crippen molar-refractivity contribution in [1.29, 1.82) is 0 Å². The Bertz CT molecular complexity index is 456. The maximum Gasteiger partial charge on any atom is 0.302 e.